The number of non-ortho nitro benzene ring substituents is 1. The van der Waals surface area contributed by atoms with Crippen LogP contribution in [-0.4, -0.2) is 40.3 Å². The molecule has 0 amide bonds. The summed E-state index contributed by atoms with van der Waals surface area (Å²) in [5, 5.41) is 10.4. The van der Waals surface area contributed by atoms with Crippen molar-refractivity contribution in [3.8, 4) is 0 Å². The number of nitrogens with zero attached hydrogens (tertiary/aromatic N) is 1. The smallest absolute Gasteiger partial charge is 0.258 e. The Bertz CT molecular complexity index is 729. The summed E-state index contributed by atoms with van der Waals surface area (Å²) in [4.78, 5) is 9.38. The first-order valence-electron chi connectivity index (χ1n) is 5.14. The first-order chi connectivity index (χ1) is 9.03. The minimum atomic E-state index is -4.12. The van der Waals surface area contributed by atoms with Crippen molar-refractivity contribution < 1.29 is 21.8 Å². The third-order valence-electron chi connectivity index (χ3n) is 2.18. The Balaban J connectivity index is 3.03. The summed E-state index contributed by atoms with van der Waals surface area (Å²) in [6, 6.07) is 2.97. The van der Waals surface area contributed by atoms with Crippen LogP contribution in [0.25, 0.3) is 0 Å². The van der Waals surface area contributed by atoms with Gasteiger partial charge in [0.05, 0.1) is 15.7 Å². The topological polar surface area (TPSA) is 123 Å². The fourth-order valence-corrected chi connectivity index (χ4v) is 3.40. The van der Waals surface area contributed by atoms with Gasteiger partial charge in [0.2, 0.25) is 10.0 Å². The van der Waals surface area contributed by atoms with E-state index in [1.165, 1.54) is 0 Å². The second-order valence-electron chi connectivity index (χ2n) is 3.90. The normalized spacial score (nSPS) is 12.3. The third-order valence-corrected chi connectivity index (χ3v) is 5.07. The molecule has 1 N–H and O–H groups in total. The van der Waals surface area contributed by atoms with E-state index in [-0.39, 0.29) is 11.6 Å². The van der Waals surface area contributed by atoms with Crippen molar-refractivity contribution in [2.45, 2.75) is 4.90 Å². The lowest BCUT2D eigenvalue weighted by Crippen LogP contribution is -2.29. The SMILES string of the molecule is CS(=O)(=O)CCNS(=O)(=O)c1cc([N+](=O)[O-])ccc1Cl. The van der Waals surface area contributed by atoms with Gasteiger partial charge in [0.1, 0.15) is 14.7 Å². The highest BCUT2D eigenvalue weighted by Gasteiger charge is 2.21. The highest BCUT2D eigenvalue weighted by molar-refractivity contribution is 7.91. The molecule has 0 radical (unpaired) electrons. The molecule has 112 valence electrons. The van der Waals surface area contributed by atoms with Gasteiger partial charge in [-0.3, -0.25) is 10.1 Å². The fourth-order valence-electron chi connectivity index (χ4n) is 1.25. The molecule has 0 spiro atoms. The molecule has 1 aromatic rings. The summed E-state index contributed by atoms with van der Waals surface area (Å²) < 4.78 is 47.7. The summed E-state index contributed by atoms with van der Waals surface area (Å²) in [5.74, 6) is -0.390. The van der Waals surface area contributed by atoms with Gasteiger partial charge < -0.3 is 0 Å². The molecule has 0 saturated heterocycles. The van der Waals surface area contributed by atoms with Crippen LogP contribution in [0.15, 0.2) is 23.1 Å². The number of sulfonamides is 1. The summed E-state index contributed by atoms with van der Waals surface area (Å²) in [6.07, 6.45) is 0.960. The van der Waals surface area contributed by atoms with Crippen LogP contribution in [0.1, 0.15) is 0 Å². The minimum absolute atomic E-state index is 0.192. The van der Waals surface area contributed by atoms with E-state index in [0.717, 1.165) is 24.5 Å². The van der Waals surface area contributed by atoms with Crippen LogP contribution in [-0.2, 0) is 19.9 Å². The molecule has 0 atom stereocenters. The molecule has 0 bridgehead atoms. The number of rotatable bonds is 6. The number of hydrogen-bond donors (Lipinski definition) is 1. The second-order valence-corrected chi connectivity index (χ2v) is 8.30. The van der Waals surface area contributed by atoms with Crippen molar-refractivity contribution in [2.24, 2.45) is 0 Å². The van der Waals surface area contributed by atoms with Crippen molar-refractivity contribution in [1.29, 1.82) is 0 Å². The molecule has 0 aromatic heterocycles. The molecule has 1 rings (SSSR count). The van der Waals surface area contributed by atoms with E-state index in [9.17, 15) is 26.9 Å². The standard InChI is InChI=1S/C9H11ClN2O6S2/c1-19(15,16)5-4-11-20(17,18)9-6-7(12(13)14)2-3-8(9)10/h2-3,6,11H,4-5H2,1H3. The van der Waals surface area contributed by atoms with Crippen molar-refractivity contribution >= 4 is 37.1 Å². The Morgan fingerprint density at radius 3 is 2.40 bits per heavy atom. The van der Waals surface area contributed by atoms with Gasteiger partial charge in [-0.2, -0.15) is 0 Å². The van der Waals surface area contributed by atoms with Gasteiger partial charge >= 0.3 is 0 Å². The number of nitro benzene ring substituents is 1. The molecule has 11 heteroatoms. The Labute approximate surface area is 120 Å². The van der Waals surface area contributed by atoms with E-state index in [1.807, 2.05) is 4.72 Å². The molecule has 20 heavy (non-hydrogen) atoms. The highest BCUT2D eigenvalue weighted by atomic mass is 35.5. The van der Waals surface area contributed by atoms with Crippen LogP contribution in [0.3, 0.4) is 0 Å². The molecule has 8 nitrogen and oxygen atoms in total. The fraction of sp³-hybridized carbons (Fsp3) is 0.333. The van der Waals surface area contributed by atoms with E-state index in [1.54, 1.807) is 0 Å². The zero-order valence-electron chi connectivity index (χ0n) is 10.2. The Hall–Kier alpha value is -1.23. The summed E-state index contributed by atoms with van der Waals surface area (Å²) >= 11 is 5.69. The molecule has 0 aliphatic heterocycles. The maximum Gasteiger partial charge on any atom is 0.270 e. The molecular formula is C9H11ClN2O6S2. The lowest BCUT2D eigenvalue weighted by Gasteiger charge is -2.07. The van der Waals surface area contributed by atoms with E-state index >= 15 is 0 Å². The van der Waals surface area contributed by atoms with Crippen LogP contribution in [0.5, 0.6) is 0 Å². The number of nitro groups is 1. The molecule has 0 aliphatic carbocycles. The van der Waals surface area contributed by atoms with Crippen LogP contribution in [0.4, 0.5) is 5.69 Å². The molecule has 0 aliphatic rings. The molecular weight excluding hydrogens is 332 g/mol. The molecule has 0 unspecified atom stereocenters. The number of halogens is 1. The predicted molar refractivity (Wildman–Crippen MR) is 73.0 cm³/mol. The van der Waals surface area contributed by atoms with Gasteiger partial charge in [0.15, 0.2) is 0 Å². The number of benzene rings is 1. The monoisotopic (exact) mass is 342 g/mol. The lowest BCUT2D eigenvalue weighted by molar-refractivity contribution is -0.385. The zero-order valence-corrected chi connectivity index (χ0v) is 12.6. The maximum absolute atomic E-state index is 11.9. The van der Waals surface area contributed by atoms with Crippen molar-refractivity contribution in [3.63, 3.8) is 0 Å². The first-order valence-corrected chi connectivity index (χ1v) is 9.06. The van der Waals surface area contributed by atoms with E-state index in [4.69, 9.17) is 11.6 Å². The molecule has 0 saturated carbocycles. The highest BCUT2D eigenvalue weighted by Crippen LogP contribution is 2.25. The summed E-state index contributed by atoms with van der Waals surface area (Å²) in [6.45, 7) is -0.347. The Morgan fingerprint density at radius 2 is 1.90 bits per heavy atom. The Morgan fingerprint density at radius 1 is 1.30 bits per heavy atom. The van der Waals surface area contributed by atoms with Gasteiger partial charge in [0, 0.05) is 24.9 Å². The van der Waals surface area contributed by atoms with Crippen molar-refractivity contribution in [2.75, 3.05) is 18.6 Å². The average molecular weight is 343 g/mol. The van der Waals surface area contributed by atoms with E-state index in [0.29, 0.717) is 0 Å². The number of sulfone groups is 1. The minimum Gasteiger partial charge on any atom is -0.258 e. The predicted octanol–water partition coefficient (Wildman–Crippen LogP) is 0.571. The van der Waals surface area contributed by atoms with Crippen LogP contribution >= 0.6 is 11.6 Å². The van der Waals surface area contributed by atoms with E-state index in [2.05, 4.69) is 0 Å². The maximum atomic E-state index is 11.9. The average Bonchev–Trinajstić information content (AvgIpc) is 2.26. The van der Waals surface area contributed by atoms with Gasteiger partial charge in [-0.05, 0) is 6.07 Å². The van der Waals surface area contributed by atoms with Gasteiger partial charge in [-0.25, -0.2) is 21.6 Å². The molecule has 0 fully saturated rings. The van der Waals surface area contributed by atoms with Gasteiger partial charge in [-0.1, -0.05) is 11.6 Å². The zero-order chi connectivity index (χ0) is 15.6. The summed E-state index contributed by atoms with van der Waals surface area (Å²) in [5.41, 5.74) is -0.433. The quantitative estimate of drug-likeness (QED) is 0.595. The largest absolute Gasteiger partial charge is 0.270 e. The Kier molecular flexibility index (Phi) is 5.08. The van der Waals surface area contributed by atoms with Crippen LogP contribution in [0, 0.1) is 10.1 Å². The van der Waals surface area contributed by atoms with E-state index < -0.39 is 41.1 Å². The van der Waals surface area contributed by atoms with Crippen molar-refractivity contribution in [3.05, 3.63) is 33.3 Å². The number of nitrogens with one attached hydrogen (secondary N) is 1. The second kappa shape index (κ2) is 6.04. The van der Waals surface area contributed by atoms with Crippen molar-refractivity contribution in [1.82, 2.24) is 4.72 Å². The van der Waals surface area contributed by atoms with Crippen LogP contribution in [0.2, 0.25) is 5.02 Å². The van der Waals surface area contributed by atoms with Gasteiger partial charge in [0.25, 0.3) is 5.69 Å². The number of hydrogen-bond acceptors (Lipinski definition) is 6. The molecule has 0 heterocycles. The lowest BCUT2D eigenvalue weighted by atomic mass is 10.3. The first kappa shape index (κ1) is 16.8. The van der Waals surface area contributed by atoms with Crippen LogP contribution < -0.4 is 4.72 Å². The van der Waals surface area contributed by atoms with Gasteiger partial charge in [-0.15, -0.1) is 0 Å². The third kappa shape index (κ3) is 4.71. The molecule has 1 aromatic carbocycles. The summed E-state index contributed by atoms with van der Waals surface area (Å²) in [7, 11) is -7.45.